The third kappa shape index (κ3) is 5.76. The number of anilines is 1. The Morgan fingerprint density at radius 3 is 2.52 bits per heavy atom. The van der Waals surface area contributed by atoms with E-state index in [2.05, 4.69) is 5.32 Å². The lowest BCUT2D eigenvalue weighted by molar-refractivity contribution is -0.120. The minimum atomic E-state index is -0.628. The largest absolute Gasteiger partial charge is 0.497 e. The number of rotatable bonds is 7. The van der Waals surface area contributed by atoms with Gasteiger partial charge in [0, 0.05) is 5.69 Å². The van der Waals surface area contributed by atoms with Crippen molar-refractivity contribution in [2.75, 3.05) is 19.0 Å². The van der Waals surface area contributed by atoms with Crippen molar-refractivity contribution >= 4 is 35.2 Å². The fourth-order valence-corrected chi connectivity index (χ4v) is 2.30. The van der Waals surface area contributed by atoms with Crippen molar-refractivity contribution in [2.45, 2.75) is 0 Å². The molecule has 0 aliphatic carbocycles. The summed E-state index contributed by atoms with van der Waals surface area (Å²) in [6.07, 6.45) is 1.39. The molecule has 0 aliphatic heterocycles. The highest BCUT2D eigenvalue weighted by molar-refractivity contribution is 6.32. The first kappa shape index (κ1) is 19.8. The summed E-state index contributed by atoms with van der Waals surface area (Å²) in [5.41, 5.74) is 5.95. The van der Waals surface area contributed by atoms with Crippen molar-refractivity contribution in [3.63, 3.8) is 0 Å². The number of benzene rings is 2. The first-order chi connectivity index (χ1) is 12.9. The number of primary amides is 1. The second-order valence-electron chi connectivity index (χ2n) is 5.30. The highest BCUT2D eigenvalue weighted by Gasteiger charge is 2.11. The van der Waals surface area contributed by atoms with Gasteiger partial charge in [0.2, 0.25) is 0 Å². The zero-order valence-corrected chi connectivity index (χ0v) is 15.1. The van der Waals surface area contributed by atoms with Gasteiger partial charge in [0.1, 0.15) is 23.1 Å². The van der Waals surface area contributed by atoms with Crippen LogP contribution in [0.2, 0.25) is 5.02 Å². The monoisotopic (exact) mass is 385 g/mol. The first-order valence-corrected chi connectivity index (χ1v) is 8.08. The van der Waals surface area contributed by atoms with Crippen LogP contribution in [0.5, 0.6) is 11.5 Å². The molecule has 2 rings (SSSR count). The van der Waals surface area contributed by atoms with Crippen molar-refractivity contribution < 1.29 is 19.1 Å². The van der Waals surface area contributed by atoms with Gasteiger partial charge in [-0.1, -0.05) is 17.7 Å². The van der Waals surface area contributed by atoms with Crippen LogP contribution in [0.3, 0.4) is 0 Å². The van der Waals surface area contributed by atoms with Gasteiger partial charge in [0.15, 0.2) is 6.61 Å². The van der Waals surface area contributed by atoms with Crippen LogP contribution >= 0.6 is 11.6 Å². The summed E-state index contributed by atoms with van der Waals surface area (Å²) in [6, 6.07) is 13.2. The molecule has 0 spiro atoms. The van der Waals surface area contributed by atoms with E-state index in [9.17, 15) is 14.9 Å². The Morgan fingerprint density at radius 1 is 1.26 bits per heavy atom. The smallest absolute Gasteiger partial charge is 0.266 e. The summed E-state index contributed by atoms with van der Waals surface area (Å²) in [4.78, 5) is 23.0. The molecule has 0 bridgehead atoms. The maximum atomic E-state index is 12.3. The SMILES string of the molecule is COc1ccc(NC(=O)/C(C#N)=C/c2ccc(OCC(N)=O)c(Cl)c2)cc1. The molecule has 2 aromatic rings. The van der Waals surface area contributed by atoms with Crippen LogP contribution in [-0.2, 0) is 9.59 Å². The molecule has 7 nitrogen and oxygen atoms in total. The van der Waals surface area contributed by atoms with E-state index in [1.165, 1.54) is 18.2 Å². The van der Waals surface area contributed by atoms with Gasteiger partial charge in [-0.15, -0.1) is 0 Å². The number of nitrogens with one attached hydrogen (secondary N) is 1. The molecule has 0 saturated carbocycles. The number of hydrogen-bond donors (Lipinski definition) is 2. The van der Waals surface area contributed by atoms with Gasteiger partial charge in [-0.3, -0.25) is 9.59 Å². The number of hydrogen-bond acceptors (Lipinski definition) is 5. The molecule has 0 aliphatic rings. The number of methoxy groups -OCH3 is 1. The maximum Gasteiger partial charge on any atom is 0.266 e. The van der Waals surface area contributed by atoms with Crippen molar-refractivity contribution in [3.05, 3.63) is 58.6 Å². The zero-order valence-electron chi connectivity index (χ0n) is 14.4. The van der Waals surface area contributed by atoms with Gasteiger partial charge in [0.25, 0.3) is 11.8 Å². The molecule has 8 heteroatoms. The molecule has 2 aromatic carbocycles. The normalized spacial score (nSPS) is 10.6. The lowest BCUT2D eigenvalue weighted by atomic mass is 10.1. The van der Waals surface area contributed by atoms with Crippen molar-refractivity contribution in [2.24, 2.45) is 5.73 Å². The molecular formula is C19H16ClN3O4. The summed E-state index contributed by atoms with van der Waals surface area (Å²) in [6.45, 7) is -0.303. The summed E-state index contributed by atoms with van der Waals surface area (Å²) in [7, 11) is 1.54. The summed E-state index contributed by atoms with van der Waals surface area (Å²) >= 11 is 6.08. The molecule has 0 aromatic heterocycles. The Kier molecular flexibility index (Phi) is 6.80. The second-order valence-corrected chi connectivity index (χ2v) is 5.70. The maximum absolute atomic E-state index is 12.3. The number of carbonyl (C=O) groups excluding carboxylic acids is 2. The van der Waals surface area contributed by atoms with E-state index < -0.39 is 11.8 Å². The van der Waals surface area contributed by atoms with Gasteiger partial charge >= 0.3 is 0 Å². The van der Waals surface area contributed by atoms with Crippen LogP contribution in [0.15, 0.2) is 48.0 Å². The molecular weight excluding hydrogens is 370 g/mol. The highest BCUT2D eigenvalue weighted by Crippen LogP contribution is 2.26. The van der Waals surface area contributed by atoms with Crippen LogP contribution in [-0.4, -0.2) is 25.5 Å². The topological polar surface area (TPSA) is 114 Å². The quantitative estimate of drug-likeness (QED) is 0.561. The Bertz CT molecular complexity index is 918. The summed E-state index contributed by atoms with van der Waals surface area (Å²) in [5.74, 6) is -0.268. The van der Waals surface area contributed by atoms with E-state index in [0.29, 0.717) is 17.0 Å². The number of carbonyl (C=O) groups is 2. The minimum absolute atomic E-state index is 0.104. The third-order valence-electron chi connectivity index (χ3n) is 3.35. The summed E-state index contributed by atoms with van der Waals surface area (Å²) in [5, 5.41) is 12.1. The number of amides is 2. The van der Waals surface area contributed by atoms with E-state index in [4.69, 9.17) is 26.8 Å². The molecule has 0 unspecified atom stereocenters. The number of ether oxygens (including phenoxy) is 2. The minimum Gasteiger partial charge on any atom is -0.497 e. The van der Waals surface area contributed by atoms with E-state index in [0.717, 1.165) is 0 Å². The second kappa shape index (κ2) is 9.27. The predicted octanol–water partition coefficient (Wildman–Crippen LogP) is 2.76. The van der Waals surface area contributed by atoms with Gasteiger partial charge in [-0.25, -0.2) is 0 Å². The van der Waals surface area contributed by atoms with E-state index >= 15 is 0 Å². The Morgan fingerprint density at radius 2 is 1.96 bits per heavy atom. The van der Waals surface area contributed by atoms with Crippen molar-refractivity contribution in [1.82, 2.24) is 0 Å². The Balaban J connectivity index is 2.14. The van der Waals surface area contributed by atoms with Crippen molar-refractivity contribution in [3.8, 4) is 17.6 Å². The average Bonchev–Trinajstić information content (AvgIpc) is 2.65. The average molecular weight is 386 g/mol. The fourth-order valence-electron chi connectivity index (χ4n) is 2.06. The Hall–Kier alpha value is -3.50. The predicted molar refractivity (Wildman–Crippen MR) is 101 cm³/mol. The first-order valence-electron chi connectivity index (χ1n) is 7.70. The molecule has 0 saturated heterocycles. The molecule has 3 N–H and O–H groups in total. The zero-order chi connectivity index (χ0) is 19.8. The number of halogens is 1. The third-order valence-corrected chi connectivity index (χ3v) is 3.65. The van der Waals surface area contributed by atoms with E-state index in [1.54, 1.807) is 37.4 Å². The van der Waals surface area contributed by atoms with Crippen LogP contribution in [0.25, 0.3) is 6.08 Å². The number of nitriles is 1. The molecule has 2 amide bonds. The van der Waals surface area contributed by atoms with Gasteiger partial charge < -0.3 is 20.5 Å². The van der Waals surface area contributed by atoms with E-state index in [-0.39, 0.29) is 23.0 Å². The van der Waals surface area contributed by atoms with Crippen LogP contribution in [0.4, 0.5) is 5.69 Å². The molecule has 0 radical (unpaired) electrons. The lowest BCUT2D eigenvalue weighted by Crippen LogP contribution is -2.20. The van der Waals surface area contributed by atoms with Gasteiger partial charge in [0.05, 0.1) is 12.1 Å². The Labute approximate surface area is 160 Å². The molecule has 138 valence electrons. The standard InChI is InChI=1S/C19H16ClN3O4/c1-26-15-5-3-14(4-6-15)23-19(25)13(10-21)8-12-2-7-17(16(20)9-12)27-11-18(22)24/h2-9H,11H2,1H3,(H2,22,24)(H,23,25)/b13-8+. The molecule has 27 heavy (non-hydrogen) atoms. The van der Waals surface area contributed by atoms with Crippen LogP contribution in [0, 0.1) is 11.3 Å². The van der Waals surface area contributed by atoms with Crippen molar-refractivity contribution in [1.29, 1.82) is 5.26 Å². The molecule has 0 fully saturated rings. The lowest BCUT2D eigenvalue weighted by Gasteiger charge is -2.07. The van der Waals surface area contributed by atoms with E-state index in [1.807, 2.05) is 6.07 Å². The summed E-state index contributed by atoms with van der Waals surface area (Å²) < 4.78 is 10.2. The molecule has 0 heterocycles. The van der Waals surface area contributed by atoms with Gasteiger partial charge in [-0.2, -0.15) is 5.26 Å². The highest BCUT2D eigenvalue weighted by atomic mass is 35.5. The van der Waals surface area contributed by atoms with Gasteiger partial charge in [-0.05, 0) is 48.0 Å². The number of nitrogens with zero attached hydrogens (tertiary/aromatic N) is 1. The fraction of sp³-hybridized carbons (Fsp3) is 0.105. The van der Waals surface area contributed by atoms with Crippen LogP contribution < -0.4 is 20.5 Å². The van der Waals surface area contributed by atoms with Crippen LogP contribution in [0.1, 0.15) is 5.56 Å². The number of nitrogens with two attached hydrogens (primary N) is 1. The molecule has 0 atom stereocenters.